The summed E-state index contributed by atoms with van der Waals surface area (Å²) in [6.45, 7) is 6.70. The Bertz CT molecular complexity index is 607. The monoisotopic (exact) mass is 398 g/mol. The number of hydrogen-bond acceptors (Lipinski definition) is 3. The molecule has 21 heavy (non-hydrogen) atoms. The summed E-state index contributed by atoms with van der Waals surface area (Å²) in [6, 6.07) is 11.7. The number of rotatable bonds is 5. The van der Waals surface area contributed by atoms with E-state index < -0.39 is 0 Å². The van der Waals surface area contributed by atoms with E-state index in [1.807, 2.05) is 43.3 Å². The molecule has 1 heterocycles. The Morgan fingerprint density at radius 2 is 2.10 bits per heavy atom. The van der Waals surface area contributed by atoms with Gasteiger partial charge in [0.15, 0.2) is 11.7 Å². The Balaban J connectivity index is 0.00000220. The van der Waals surface area contributed by atoms with Gasteiger partial charge in [0.25, 0.3) is 0 Å². The highest BCUT2D eigenvalue weighted by molar-refractivity contribution is 14.0. The lowest BCUT2D eigenvalue weighted by atomic mass is 10.2. The molecule has 0 fully saturated rings. The van der Waals surface area contributed by atoms with Gasteiger partial charge in [-0.2, -0.15) is 0 Å². The smallest absolute Gasteiger partial charge is 0.189 e. The van der Waals surface area contributed by atoms with E-state index in [-0.39, 0.29) is 24.0 Å². The van der Waals surface area contributed by atoms with Crippen molar-refractivity contribution in [2.45, 2.75) is 13.5 Å². The first kappa shape index (κ1) is 17.2. The summed E-state index contributed by atoms with van der Waals surface area (Å²) in [7, 11) is 0. The molecule has 0 bridgehead atoms. The lowest BCUT2D eigenvalue weighted by Gasteiger charge is -2.03. The summed E-state index contributed by atoms with van der Waals surface area (Å²) in [4.78, 5) is 4.19. The number of halogens is 1. The highest BCUT2D eigenvalue weighted by atomic mass is 127. The van der Waals surface area contributed by atoms with Crippen LogP contribution in [0.4, 0.5) is 0 Å². The standard InChI is InChI=1S/C15H18N4O.HI/c1-11(2)9-17-15(16)18-10-13-8-14(20-19-13)12-6-4-3-5-7-12;/h3-8H,1,9-10H2,2H3,(H3,16,17,18);1H. The number of nitrogens with one attached hydrogen (secondary N) is 1. The van der Waals surface area contributed by atoms with E-state index in [0.29, 0.717) is 19.0 Å². The summed E-state index contributed by atoms with van der Waals surface area (Å²) in [6.07, 6.45) is 0. The Morgan fingerprint density at radius 3 is 2.76 bits per heavy atom. The number of nitrogens with zero attached hydrogens (tertiary/aromatic N) is 2. The summed E-state index contributed by atoms with van der Waals surface area (Å²) in [5.74, 6) is 1.10. The molecule has 1 aromatic heterocycles. The fourth-order valence-electron chi connectivity index (χ4n) is 1.59. The highest BCUT2D eigenvalue weighted by Crippen LogP contribution is 2.19. The molecule has 0 saturated heterocycles. The van der Waals surface area contributed by atoms with Crippen molar-refractivity contribution in [3.63, 3.8) is 0 Å². The first-order valence-corrected chi connectivity index (χ1v) is 6.34. The molecule has 1 aromatic carbocycles. The van der Waals surface area contributed by atoms with Gasteiger partial charge in [-0.1, -0.05) is 47.6 Å². The van der Waals surface area contributed by atoms with Gasteiger partial charge in [0.1, 0.15) is 5.69 Å². The van der Waals surface area contributed by atoms with Gasteiger partial charge in [-0.15, -0.1) is 24.0 Å². The Morgan fingerprint density at radius 1 is 1.38 bits per heavy atom. The number of aromatic nitrogens is 1. The molecule has 0 radical (unpaired) electrons. The zero-order chi connectivity index (χ0) is 14.4. The second kappa shape index (κ2) is 8.46. The topological polar surface area (TPSA) is 76.4 Å². The fourth-order valence-corrected chi connectivity index (χ4v) is 1.59. The third kappa shape index (κ3) is 5.58. The second-order valence-electron chi connectivity index (χ2n) is 4.56. The Hall–Kier alpha value is -1.83. The number of nitrogens with two attached hydrogens (primary N) is 1. The predicted octanol–water partition coefficient (Wildman–Crippen LogP) is 2.94. The SMILES string of the molecule is C=C(C)CNC(N)=NCc1cc(-c2ccccc2)on1.I. The van der Waals surface area contributed by atoms with Crippen LogP contribution < -0.4 is 11.1 Å². The quantitative estimate of drug-likeness (QED) is 0.352. The molecule has 5 nitrogen and oxygen atoms in total. The fraction of sp³-hybridized carbons (Fsp3) is 0.200. The number of aliphatic imine (C=N–C) groups is 1. The second-order valence-corrected chi connectivity index (χ2v) is 4.56. The first-order chi connectivity index (χ1) is 9.65. The number of hydrogen-bond donors (Lipinski definition) is 2. The third-order valence-electron chi connectivity index (χ3n) is 2.60. The van der Waals surface area contributed by atoms with E-state index in [0.717, 1.165) is 22.6 Å². The lowest BCUT2D eigenvalue weighted by molar-refractivity contribution is 0.424. The van der Waals surface area contributed by atoms with Gasteiger partial charge in [0, 0.05) is 18.2 Å². The van der Waals surface area contributed by atoms with Crippen LogP contribution in [0.1, 0.15) is 12.6 Å². The van der Waals surface area contributed by atoms with E-state index in [2.05, 4.69) is 22.0 Å². The predicted molar refractivity (Wildman–Crippen MR) is 95.5 cm³/mol. The number of guanidine groups is 1. The Kier molecular flexibility index (Phi) is 6.93. The van der Waals surface area contributed by atoms with Crippen molar-refractivity contribution in [2.24, 2.45) is 10.7 Å². The maximum atomic E-state index is 5.73. The van der Waals surface area contributed by atoms with Gasteiger partial charge >= 0.3 is 0 Å². The normalized spacial score (nSPS) is 10.8. The van der Waals surface area contributed by atoms with Gasteiger partial charge in [-0.05, 0) is 6.92 Å². The minimum atomic E-state index is 0. The molecule has 3 N–H and O–H groups in total. The van der Waals surface area contributed by atoms with Crippen molar-refractivity contribution < 1.29 is 4.52 Å². The summed E-state index contributed by atoms with van der Waals surface area (Å²) >= 11 is 0. The van der Waals surface area contributed by atoms with E-state index >= 15 is 0 Å². The molecule has 0 atom stereocenters. The molecule has 0 aliphatic carbocycles. The first-order valence-electron chi connectivity index (χ1n) is 6.34. The third-order valence-corrected chi connectivity index (χ3v) is 2.60. The van der Waals surface area contributed by atoms with Crippen LogP contribution in [-0.2, 0) is 6.54 Å². The van der Waals surface area contributed by atoms with Crippen LogP contribution >= 0.6 is 24.0 Å². The molecule has 0 unspecified atom stereocenters. The summed E-state index contributed by atoms with van der Waals surface area (Å²) < 4.78 is 5.29. The van der Waals surface area contributed by atoms with Crippen LogP contribution in [0, 0.1) is 0 Å². The minimum Gasteiger partial charge on any atom is -0.370 e. The van der Waals surface area contributed by atoms with Crippen LogP contribution in [0.15, 0.2) is 58.1 Å². The molecule has 0 aliphatic heterocycles. The molecular weight excluding hydrogens is 379 g/mol. The van der Waals surface area contributed by atoms with Crippen LogP contribution in [-0.4, -0.2) is 17.7 Å². The van der Waals surface area contributed by atoms with Gasteiger partial charge in [0.05, 0.1) is 6.54 Å². The van der Waals surface area contributed by atoms with Gasteiger partial charge in [-0.25, -0.2) is 4.99 Å². The molecular formula is C15H19IN4O. The molecule has 0 aliphatic rings. The van der Waals surface area contributed by atoms with Crippen molar-refractivity contribution in [2.75, 3.05) is 6.54 Å². The van der Waals surface area contributed by atoms with Crippen LogP contribution in [0.5, 0.6) is 0 Å². The zero-order valence-corrected chi connectivity index (χ0v) is 14.2. The molecule has 2 aromatic rings. The number of benzene rings is 1. The van der Waals surface area contributed by atoms with Crippen LogP contribution in [0.2, 0.25) is 0 Å². The molecule has 0 saturated carbocycles. The van der Waals surface area contributed by atoms with Crippen LogP contribution in [0.25, 0.3) is 11.3 Å². The minimum absolute atomic E-state index is 0. The van der Waals surface area contributed by atoms with E-state index in [1.54, 1.807) is 0 Å². The molecule has 0 amide bonds. The van der Waals surface area contributed by atoms with E-state index in [9.17, 15) is 0 Å². The van der Waals surface area contributed by atoms with Crippen molar-refractivity contribution >= 4 is 29.9 Å². The molecule has 112 valence electrons. The van der Waals surface area contributed by atoms with Gasteiger partial charge in [0.2, 0.25) is 0 Å². The lowest BCUT2D eigenvalue weighted by Crippen LogP contribution is -2.32. The average molecular weight is 398 g/mol. The van der Waals surface area contributed by atoms with Crippen molar-refractivity contribution in [1.82, 2.24) is 10.5 Å². The zero-order valence-electron chi connectivity index (χ0n) is 11.9. The largest absolute Gasteiger partial charge is 0.370 e. The Labute approximate surface area is 141 Å². The van der Waals surface area contributed by atoms with Gasteiger partial charge < -0.3 is 15.6 Å². The van der Waals surface area contributed by atoms with E-state index in [4.69, 9.17) is 10.3 Å². The van der Waals surface area contributed by atoms with Crippen LogP contribution in [0.3, 0.4) is 0 Å². The molecule has 2 rings (SSSR count). The maximum absolute atomic E-state index is 5.73. The van der Waals surface area contributed by atoms with Crippen molar-refractivity contribution in [3.05, 3.63) is 54.2 Å². The summed E-state index contributed by atoms with van der Waals surface area (Å²) in [5, 5.41) is 6.94. The molecule has 0 spiro atoms. The molecule has 6 heteroatoms. The van der Waals surface area contributed by atoms with Gasteiger partial charge in [-0.3, -0.25) is 0 Å². The van der Waals surface area contributed by atoms with Crippen molar-refractivity contribution in [1.29, 1.82) is 0 Å². The van der Waals surface area contributed by atoms with Crippen molar-refractivity contribution in [3.8, 4) is 11.3 Å². The highest BCUT2D eigenvalue weighted by Gasteiger charge is 2.05. The average Bonchev–Trinajstić information content (AvgIpc) is 2.93. The maximum Gasteiger partial charge on any atom is 0.189 e. The van der Waals surface area contributed by atoms with E-state index in [1.165, 1.54) is 0 Å². The summed E-state index contributed by atoms with van der Waals surface area (Å²) in [5.41, 5.74) is 8.45.